The average molecular weight is 322 g/mol. The molecule has 0 saturated carbocycles. The second kappa shape index (κ2) is 4.62. The molecule has 1 aromatic carbocycles. The van der Waals surface area contributed by atoms with Gasteiger partial charge < -0.3 is 5.11 Å². The van der Waals surface area contributed by atoms with Crippen LogP contribution in [0.1, 0.15) is 11.1 Å². The molecule has 0 aliphatic carbocycles. The quantitative estimate of drug-likeness (QED) is 0.851. The molecule has 0 aromatic heterocycles. The van der Waals surface area contributed by atoms with Gasteiger partial charge in [0.2, 0.25) is 0 Å². The van der Waals surface area contributed by atoms with Gasteiger partial charge in [0.15, 0.2) is 0 Å². The Morgan fingerprint density at radius 3 is 2.79 bits per heavy atom. The van der Waals surface area contributed by atoms with Crippen molar-refractivity contribution in [1.82, 2.24) is 0 Å². The molecule has 0 fully saturated rings. The number of nitriles is 1. The van der Waals surface area contributed by atoms with E-state index in [4.69, 9.17) is 22.0 Å². The number of carboxylic acid groups (broad SMARTS) is 1. The molecule has 0 aliphatic rings. The minimum Gasteiger partial charge on any atom is -0.481 e. The third kappa shape index (κ3) is 2.36. The van der Waals surface area contributed by atoms with E-state index in [-0.39, 0.29) is 6.42 Å². The monoisotopic (exact) mass is 321 g/mol. The van der Waals surface area contributed by atoms with E-state index in [0.29, 0.717) is 19.7 Å². The van der Waals surface area contributed by atoms with Gasteiger partial charge in [-0.3, -0.25) is 4.79 Å². The highest BCUT2D eigenvalue weighted by molar-refractivity contribution is 14.1. The minimum atomic E-state index is -0.959. The summed E-state index contributed by atoms with van der Waals surface area (Å²) in [5, 5.41) is 17.9. The molecule has 3 nitrogen and oxygen atoms in total. The second-order valence-corrected chi connectivity index (χ2v) is 4.06. The lowest BCUT2D eigenvalue weighted by Gasteiger charge is -2.04. The van der Waals surface area contributed by atoms with Crippen molar-refractivity contribution in [3.05, 3.63) is 31.9 Å². The van der Waals surface area contributed by atoms with Crippen LogP contribution >= 0.6 is 34.2 Å². The number of aliphatic carboxylic acids is 1. The average Bonchev–Trinajstić information content (AvgIpc) is 2.11. The van der Waals surface area contributed by atoms with E-state index in [1.165, 1.54) is 0 Å². The molecular formula is C9H5ClINO2. The molecule has 0 heterocycles. The van der Waals surface area contributed by atoms with E-state index in [1.807, 2.05) is 28.7 Å². The van der Waals surface area contributed by atoms with Crippen molar-refractivity contribution >= 4 is 40.2 Å². The molecule has 0 bridgehead atoms. The number of benzene rings is 1. The predicted molar refractivity (Wildman–Crippen MR) is 60.2 cm³/mol. The maximum atomic E-state index is 10.5. The van der Waals surface area contributed by atoms with Crippen molar-refractivity contribution < 1.29 is 9.90 Å². The van der Waals surface area contributed by atoms with Crippen molar-refractivity contribution in [2.45, 2.75) is 6.42 Å². The van der Waals surface area contributed by atoms with Crippen LogP contribution in [0, 0.1) is 14.9 Å². The molecule has 5 heteroatoms. The van der Waals surface area contributed by atoms with Crippen molar-refractivity contribution in [2.24, 2.45) is 0 Å². The van der Waals surface area contributed by atoms with Gasteiger partial charge in [-0.05, 0) is 34.2 Å². The van der Waals surface area contributed by atoms with Crippen LogP contribution < -0.4 is 0 Å². The normalized spacial score (nSPS) is 9.50. The summed E-state index contributed by atoms with van der Waals surface area (Å²) in [6.45, 7) is 0. The van der Waals surface area contributed by atoms with E-state index < -0.39 is 5.97 Å². The maximum Gasteiger partial charge on any atom is 0.307 e. The van der Waals surface area contributed by atoms with Gasteiger partial charge in [-0.25, -0.2) is 0 Å². The summed E-state index contributed by atoms with van der Waals surface area (Å²) in [5.74, 6) is -0.959. The molecule has 0 saturated heterocycles. The molecule has 1 rings (SSSR count). The zero-order chi connectivity index (χ0) is 10.7. The first kappa shape index (κ1) is 11.3. The van der Waals surface area contributed by atoms with E-state index in [0.717, 1.165) is 0 Å². The maximum absolute atomic E-state index is 10.5. The Hall–Kier alpha value is -0.800. The minimum absolute atomic E-state index is 0.157. The molecule has 1 aromatic rings. The number of hydrogen-bond acceptors (Lipinski definition) is 2. The van der Waals surface area contributed by atoms with Crippen LogP contribution in [-0.4, -0.2) is 11.1 Å². The molecule has 0 spiro atoms. The summed E-state index contributed by atoms with van der Waals surface area (Å²) in [5.41, 5.74) is 0.842. The second-order valence-electron chi connectivity index (χ2n) is 2.58. The molecule has 0 unspecified atom stereocenters. The molecule has 14 heavy (non-hydrogen) atoms. The number of hydrogen-bond donors (Lipinski definition) is 1. The van der Waals surface area contributed by atoms with Crippen LogP contribution in [0.2, 0.25) is 5.02 Å². The Kier molecular flexibility index (Phi) is 3.72. The highest BCUT2D eigenvalue weighted by Crippen LogP contribution is 2.24. The number of halogens is 2. The van der Waals surface area contributed by atoms with Gasteiger partial charge in [-0.15, -0.1) is 0 Å². The smallest absolute Gasteiger partial charge is 0.307 e. The van der Waals surface area contributed by atoms with Crippen molar-refractivity contribution in [1.29, 1.82) is 5.26 Å². The van der Waals surface area contributed by atoms with Crippen LogP contribution in [0.3, 0.4) is 0 Å². The highest BCUT2D eigenvalue weighted by atomic mass is 127. The first-order valence-corrected chi connectivity index (χ1v) is 5.10. The Morgan fingerprint density at radius 1 is 1.64 bits per heavy atom. The number of nitrogens with zero attached hydrogens (tertiary/aromatic N) is 1. The highest BCUT2D eigenvalue weighted by Gasteiger charge is 2.11. The first-order valence-electron chi connectivity index (χ1n) is 3.65. The Morgan fingerprint density at radius 2 is 2.29 bits per heavy atom. The lowest BCUT2D eigenvalue weighted by atomic mass is 10.1. The summed E-state index contributed by atoms with van der Waals surface area (Å²) in [6, 6.07) is 5.12. The SMILES string of the molecule is N#Cc1c(CC(=O)O)ccc(Cl)c1I. The lowest BCUT2D eigenvalue weighted by Crippen LogP contribution is -2.03. The summed E-state index contributed by atoms with van der Waals surface area (Å²) in [6.07, 6.45) is -0.157. The molecular weight excluding hydrogens is 316 g/mol. The largest absolute Gasteiger partial charge is 0.481 e. The third-order valence-corrected chi connectivity index (χ3v) is 3.39. The van der Waals surface area contributed by atoms with Crippen LogP contribution in [0.15, 0.2) is 12.1 Å². The molecule has 72 valence electrons. The molecule has 0 radical (unpaired) electrons. The Bertz CT molecular complexity index is 426. The van der Waals surface area contributed by atoms with Gasteiger partial charge in [-0.2, -0.15) is 5.26 Å². The number of carbonyl (C=O) groups is 1. The van der Waals surface area contributed by atoms with Gasteiger partial charge in [-0.1, -0.05) is 17.7 Å². The molecule has 0 atom stereocenters. The van der Waals surface area contributed by atoms with Gasteiger partial charge in [0, 0.05) is 3.57 Å². The molecule has 0 aliphatic heterocycles. The Labute approximate surface area is 99.4 Å². The molecule has 1 N–H and O–H groups in total. The fraction of sp³-hybridized carbons (Fsp3) is 0.111. The van der Waals surface area contributed by atoms with Crippen LogP contribution in [0.4, 0.5) is 0 Å². The van der Waals surface area contributed by atoms with Crippen LogP contribution in [0.5, 0.6) is 0 Å². The van der Waals surface area contributed by atoms with Gasteiger partial charge in [0.25, 0.3) is 0 Å². The topological polar surface area (TPSA) is 61.1 Å². The van der Waals surface area contributed by atoms with E-state index >= 15 is 0 Å². The van der Waals surface area contributed by atoms with E-state index in [9.17, 15) is 4.79 Å². The van der Waals surface area contributed by atoms with Crippen molar-refractivity contribution in [3.8, 4) is 6.07 Å². The lowest BCUT2D eigenvalue weighted by molar-refractivity contribution is -0.136. The van der Waals surface area contributed by atoms with Crippen LogP contribution in [-0.2, 0) is 11.2 Å². The first-order chi connectivity index (χ1) is 6.56. The number of carboxylic acids is 1. The zero-order valence-electron chi connectivity index (χ0n) is 6.92. The van der Waals surface area contributed by atoms with Crippen molar-refractivity contribution in [3.63, 3.8) is 0 Å². The summed E-state index contributed by atoms with van der Waals surface area (Å²) < 4.78 is 0.602. The predicted octanol–water partition coefficient (Wildman–Crippen LogP) is 2.44. The van der Waals surface area contributed by atoms with Gasteiger partial charge in [0.1, 0.15) is 6.07 Å². The summed E-state index contributed by atoms with van der Waals surface area (Å²) in [7, 11) is 0. The standard InChI is InChI=1S/C9H5ClINO2/c10-7-2-1-5(3-8(13)14)6(4-12)9(7)11/h1-2H,3H2,(H,13,14). The van der Waals surface area contributed by atoms with E-state index in [2.05, 4.69) is 0 Å². The summed E-state index contributed by atoms with van der Waals surface area (Å²) >= 11 is 7.73. The summed E-state index contributed by atoms with van der Waals surface area (Å²) in [4.78, 5) is 10.5. The van der Waals surface area contributed by atoms with Gasteiger partial charge >= 0.3 is 5.97 Å². The fourth-order valence-corrected chi connectivity index (χ4v) is 1.83. The van der Waals surface area contributed by atoms with Crippen molar-refractivity contribution in [2.75, 3.05) is 0 Å². The Balaban J connectivity index is 3.26. The third-order valence-electron chi connectivity index (χ3n) is 1.63. The zero-order valence-corrected chi connectivity index (χ0v) is 9.83. The van der Waals surface area contributed by atoms with Crippen LogP contribution in [0.25, 0.3) is 0 Å². The van der Waals surface area contributed by atoms with E-state index in [1.54, 1.807) is 12.1 Å². The fourth-order valence-electron chi connectivity index (χ4n) is 1.02. The van der Waals surface area contributed by atoms with Gasteiger partial charge in [0.05, 0.1) is 17.0 Å². The molecule has 0 amide bonds. The number of rotatable bonds is 2.